The topological polar surface area (TPSA) is 46.5 Å². The van der Waals surface area contributed by atoms with Crippen LogP contribution in [-0.2, 0) is 9.53 Å². The van der Waals surface area contributed by atoms with Gasteiger partial charge >= 0.3 is 5.97 Å². The number of carbonyl (C=O) groups is 1. The second kappa shape index (κ2) is 2.81. The fraction of sp³-hybridized carbons (Fsp3) is 0.875. The van der Waals surface area contributed by atoms with Gasteiger partial charge in [0.1, 0.15) is 6.10 Å². The van der Waals surface area contributed by atoms with E-state index in [1.807, 2.05) is 6.92 Å². The number of ether oxygens (including phenoxy) is 1. The number of hydrogen-bond donors (Lipinski definition) is 1. The molecule has 1 N–H and O–H groups in total. The summed E-state index contributed by atoms with van der Waals surface area (Å²) >= 11 is 0. The predicted molar refractivity (Wildman–Crippen MR) is 39.9 cm³/mol. The SMILES string of the molecule is CC1OC(=O)C(C)C(O)C1C. The van der Waals surface area contributed by atoms with Gasteiger partial charge in [0, 0.05) is 5.92 Å². The van der Waals surface area contributed by atoms with Crippen LogP contribution in [0.5, 0.6) is 0 Å². The average molecular weight is 158 g/mol. The largest absolute Gasteiger partial charge is 0.462 e. The molecule has 1 aliphatic rings. The van der Waals surface area contributed by atoms with Gasteiger partial charge in [-0.3, -0.25) is 4.79 Å². The Labute approximate surface area is 66.4 Å². The summed E-state index contributed by atoms with van der Waals surface area (Å²) in [5.41, 5.74) is 0. The van der Waals surface area contributed by atoms with E-state index in [-0.39, 0.29) is 23.9 Å². The summed E-state index contributed by atoms with van der Waals surface area (Å²) in [6.07, 6.45) is -0.708. The van der Waals surface area contributed by atoms with Crippen molar-refractivity contribution in [1.29, 1.82) is 0 Å². The molecule has 3 heteroatoms. The standard InChI is InChI=1S/C8H14O3/c1-4-6(3)11-8(10)5(2)7(4)9/h4-7,9H,1-3H3. The highest BCUT2D eigenvalue weighted by atomic mass is 16.5. The molecule has 1 heterocycles. The second-order valence-electron chi connectivity index (χ2n) is 3.28. The van der Waals surface area contributed by atoms with Crippen LogP contribution >= 0.6 is 0 Å². The van der Waals surface area contributed by atoms with Crippen molar-refractivity contribution in [3.05, 3.63) is 0 Å². The van der Waals surface area contributed by atoms with Gasteiger partial charge in [0.25, 0.3) is 0 Å². The highest BCUT2D eigenvalue weighted by Gasteiger charge is 2.37. The van der Waals surface area contributed by atoms with E-state index in [4.69, 9.17) is 4.74 Å². The van der Waals surface area contributed by atoms with Crippen LogP contribution in [0.1, 0.15) is 20.8 Å². The Morgan fingerprint density at radius 1 is 1.36 bits per heavy atom. The molecular weight excluding hydrogens is 144 g/mol. The summed E-state index contributed by atoms with van der Waals surface area (Å²) in [5, 5.41) is 9.49. The van der Waals surface area contributed by atoms with Crippen molar-refractivity contribution in [3.8, 4) is 0 Å². The van der Waals surface area contributed by atoms with Crippen molar-refractivity contribution >= 4 is 5.97 Å². The van der Waals surface area contributed by atoms with Crippen molar-refractivity contribution in [2.24, 2.45) is 11.8 Å². The van der Waals surface area contributed by atoms with E-state index < -0.39 is 6.10 Å². The van der Waals surface area contributed by atoms with Crippen molar-refractivity contribution in [2.45, 2.75) is 33.0 Å². The van der Waals surface area contributed by atoms with Crippen LogP contribution in [0, 0.1) is 11.8 Å². The molecule has 4 unspecified atom stereocenters. The Balaban J connectivity index is 2.70. The molecular formula is C8H14O3. The van der Waals surface area contributed by atoms with Gasteiger partial charge < -0.3 is 9.84 Å². The zero-order chi connectivity index (χ0) is 8.59. The first-order chi connectivity index (χ1) is 5.04. The van der Waals surface area contributed by atoms with Crippen LogP contribution in [0.3, 0.4) is 0 Å². The lowest BCUT2D eigenvalue weighted by molar-refractivity contribution is -0.175. The Kier molecular flexibility index (Phi) is 2.18. The summed E-state index contributed by atoms with van der Waals surface area (Å²) in [4.78, 5) is 11.0. The molecule has 0 aromatic heterocycles. The van der Waals surface area contributed by atoms with Gasteiger partial charge in [0.15, 0.2) is 0 Å². The number of aliphatic hydroxyl groups is 1. The van der Waals surface area contributed by atoms with Gasteiger partial charge in [-0.2, -0.15) is 0 Å². The fourth-order valence-electron chi connectivity index (χ4n) is 1.27. The lowest BCUT2D eigenvalue weighted by atomic mass is 9.87. The third-order valence-corrected chi connectivity index (χ3v) is 2.47. The summed E-state index contributed by atoms with van der Waals surface area (Å²) in [5.74, 6) is -0.619. The van der Waals surface area contributed by atoms with Gasteiger partial charge in [-0.25, -0.2) is 0 Å². The first kappa shape index (κ1) is 8.53. The molecule has 1 saturated heterocycles. The number of esters is 1. The van der Waals surface area contributed by atoms with Crippen molar-refractivity contribution in [2.75, 3.05) is 0 Å². The minimum Gasteiger partial charge on any atom is -0.462 e. The molecule has 0 radical (unpaired) electrons. The Morgan fingerprint density at radius 2 is 1.91 bits per heavy atom. The van der Waals surface area contributed by atoms with E-state index in [1.165, 1.54) is 0 Å². The second-order valence-corrected chi connectivity index (χ2v) is 3.28. The van der Waals surface area contributed by atoms with Gasteiger partial charge in [-0.05, 0) is 13.8 Å². The Morgan fingerprint density at radius 3 is 2.45 bits per heavy atom. The maximum absolute atomic E-state index is 11.0. The third-order valence-electron chi connectivity index (χ3n) is 2.47. The molecule has 4 atom stereocenters. The molecule has 64 valence electrons. The van der Waals surface area contributed by atoms with Gasteiger partial charge in [-0.1, -0.05) is 6.92 Å². The molecule has 0 aromatic carbocycles. The lowest BCUT2D eigenvalue weighted by Gasteiger charge is -2.34. The number of cyclic esters (lactones) is 1. The molecule has 0 aliphatic carbocycles. The van der Waals surface area contributed by atoms with E-state index in [1.54, 1.807) is 13.8 Å². The minimum atomic E-state index is -0.550. The maximum atomic E-state index is 11.0. The normalized spacial score (nSPS) is 45.3. The number of aliphatic hydroxyl groups excluding tert-OH is 1. The van der Waals surface area contributed by atoms with E-state index >= 15 is 0 Å². The van der Waals surface area contributed by atoms with E-state index in [2.05, 4.69) is 0 Å². The lowest BCUT2D eigenvalue weighted by Crippen LogP contribution is -2.45. The van der Waals surface area contributed by atoms with Crippen LogP contribution in [0.2, 0.25) is 0 Å². The third kappa shape index (κ3) is 1.38. The molecule has 1 rings (SSSR count). The highest BCUT2D eigenvalue weighted by molar-refractivity contribution is 5.73. The molecule has 0 aromatic rings. The average Bonchev–Trinajstić information content (AvgIpc) is 1.97. The number of hydrogen-bond acceptors (Lipinski definition) is 3. The maximum Gasteiger partial charge on any atom is 0.311 e. The first-order valence-electron chi connectivity index (χ1n) is 3.92. The Bertz CT molecular complexity index is 167. The van der Waals surface area contributed by atoms with Crippen LogP contribution in [0.4, 0.5) is 0 Å². The highest BCUT2D eigenvalue weighted by Crippen LogP contribution is 2.25. The van der Waals surface area contributed by atoms with Crippen LogP contribution < -0.4 is 0 Å². The van der Waals surface area contributed by atoms with Gasteiger partial charge in [0.05, 0.1) is 12.0 Å². The Hall–Kier alpha value is -0.570. The fourth-order valence-corrected chi connectivity index (χ4v) is 1.27. The minimum absolute atomic E-state index is 0.0442. The summed E-state index contributed by atoms with van der Waals surface area (Å²) in [6.45, 7) is 5.38. The molecule has 0 bridgehead atoms. The van der Waals surface area contributed by atoms with E-state index in [0.717, 1.165) is 0 Å². The number of rotatable bonds is 0. The van der Waals surface area contributed by atoms with Gasteiger partial charge in [0.2, 0.25) is 0 Å². The molecule has 1 aliphatic heterocycles. The van der Waals surface area contributed by atoms with Crippen molar-refractivity contribution in [1.82, 2.24) is 0 Å². The monoisotopic (exact) mass is 158 g/mol. The molecule has 0 amide bonds. The van der Waals surface area contributed by atoms with Gasteiger partial charge in [-0.15, -0.1) is 0 Å². The molecule has 1 fully saturated rings. The van der Waals surface area contributed by atoms with E-state index in [9.17, 15) is 9.90 Å². The van der Waals surface area contributed by atoms with Crippen LogP contribution in [0.25, 0.3) is 0 Å². The molecule has 0 spiro atoms. The molecule has 11 heavy (non-hydrogen) atoms. The summed E-state index contributed by atoms with van der Waals surface area (Å²) < 4.78 is 4.98. The first-order valence-corrected chi connectivity index (χ1v) is 3.92. The smallest absolute Gasteiger partial charge is 0.311 e. The molecule has 3 nitrogen and oxygen atoms in total. The summed E-state index contributed by atoms with van der Waals surface area (Å²) in [6, 6.07) is 0. The van der Waals surface area contributed by atoms with Crippen molar-refractivity contribution in [3.63, 3.8) is 0 Å². The zero-order valence-electron chi connectivity index (χ0n) is 7.07. The summed E-state index contributed by atoms with van der Waals surface area (Å²) in [7, 11) is 0. The van der Waals surface area contributed by atoms with Crippen LogP contribution in [0.15, 0.2) is 0 Å². The van der Waals surface area contributed by atoms with Crippen molar-refractivity contribution < 1.29 is 14.6 Å². The zero-order valence-corrected chi connectivity index (χ0v) is 7.07. The molecule has 0 saturated carbocycles. The van der Waals surface area contributed by atoms with E-state index in [0.29, 0.717) is 0 Å². The van der Waals surface area contributed by atoms with Crippen LogP contribution in [-0.4, -0.2) is 23.3 Å². The quantitative estimate of drug-likeness (QED) is 0.524. The number of carbonyl (C=O) groups excluding carboxylic acids is 1. The predicted octanol–water partition coefficient (Wildman–Crippen LogP) is 0.565.